The lowest BCUT2D eigenvalue weighted by Crippen LogP contribution is -2.20. The summed E-state index contributed by atoms with van der Waals surface area (Å²) in [6.45, 7) is 2.00. The standard InChI is InChI=1S/C11H15BrClN3/c12-10-6-8(13)7-16-11(10)15-5-1-4-14-9-2-3-9/h6-7,9,14H,1-5H2,(H,15,16). The number of nitrogens with zero attached hydrogens (tertiary/aromatic N) is 1. The van der Waals surface area contributed by atoms with Gasteiger partial charge in [-0.05, 0) is 47.8 Å². The van der Waals surface area contributed by atoms with Crippen LogP contribution in [0.3, 0.4) is 0 Å². The minimum absolute atomic E-state index is 0.646. The van der Waals surface area contributed by atoms with Crippen LogP contribution in [0.4, 0.5) is 5.82 Å². The van der Waals surface area contributed by atoms with Gasteiger partial charge in [-0.2, -0.15) is 0 Å². The molecule has 0 bridgehead atoms. The smallest absolute Gasteiger partial charge is 0.140 e. The third kappa shape index (κ3) is 3.92. The largest absolute Gasteiger partial charge is 0.369 e. The number of anilines is 1. The van der Waals surface area contributed by atoms with Crippen molar-refractivity contribution in [1.29, 1.82) is 0 Å². The molecule has 0 spiro atoms. The van der Waals surface area contributed by atoms with Crippen molar-refractivity contribution in [1.82, 2.24) is 10.3 Å². The Morgan fingerprint density at radius 1 is 1.44 bits per heavy atom. The molecule has 1 heterocycles. The molecule has 88 valence electrons. The lowest BCUT2D eigenvalue weighted by Gasteiger charge is -2.07. The Bertz CT molecular complexity index is 355. The van der Waals surface area contributed by atoms with Crippen molar-refractivity contribution >= 4 is 33.3 Å². The topological polar surface area (TPSA) is 37.0 Å². The van der Waals surface area contributed by atoms with E-state index in [1.807, 2.05) is 6.07 Å². The number of nitrogens with one attached hydrogen (secondary N) is 2. The third-order valence-electron chi connectivity index (χ3n) is 2.46. The Hall–Kier alpha value is -0.320. The fourth-order valence-corrected chi connectivity index (χ4v) is 2.21. The van der Waals surface area contributed by atoms with Gasteiger partial charge in [0, 0.05) is 18.8 Å². The van der Waals surface area contributed by atoms with Crippen LogP contribution in [-0.2, 0) is 0 Å². The zero-order valence-corrected chi connectivity index (χ0v) is 11.3. The summed E-state index contributed by atoms with van der Waals surface area (Å²) >= 11 is 9.24. The van der Waals surface area contributed by atoms with E-state index in [1.165, 1.54) is 12.8 Å². The number of rotatable bonds is 6. The predicted octanol–water partition coefficient (Wildman–Crippen LogP) is 3.05. The molecule has 2 rings (SSSR count). The van der Waals surface area contributed by atoms with Crippen LogP contribution < -0.4 is 10.6 Å². The number of aromatic nitrogens is 1. The van der Waals surface area contributed by atoms with Gasteiger partial charge < -0.3 is 10.6 Å². The van der Waals surface area contributed by atoms with Gasteiger partial charge in [0.1, 0.15) is 5.82 Å². The first-order chi connectivity index (χ1) is 7.75. The fraction of sp³-hybridized carbons (Fsp3) is 0.545. The van der Waals surface area contributed by atoms with E-state index in [0.29, 0.717) is 5.02 Å². The van der Waals surface area contributed by atoms with Crippen LogP contribution >= 0.6 is 27.5 Å². The first-order valence-electron chi connectivity index (χ1n) is 5.54. The molecule has 0 aliphatic heterocycles. The molecule has 2 N–H and O–H groups in total. The van der Waals surface area contributed by atoms with Gasteiger partial charge in [0.15, 0.2) is 0 Å². The molecule has 16 heavy (non-hydrogen) atoms. The lowest BCUT2D eigenvalue weighted by molar-refractivity contribution is 0.658. The molecule has 0 saturated heterocycles. The molecule has 3 nitrogen and oxygen atoms in total. The van der Waals surface area contributed by atoms with Gasteiger partial charge in [-0.1, -0.05) is 11.6 Å². The molecule has 1 fully saturated rings. The van der Waals surface area contributed by atoms with Crippen molar-refractivity contribution in [2.45, 2.75) is 25.3 Å². The van der Waals surface area contributed by atoms with E-state index < -0.39 is 0 Å². The van der Waals surface area contributed by atoms with E-state index in [-0.39, 0.29) is 0 Å². The van der Waals surface area contributed by atoms with Gasteiger partial charge >= 0.3 is 0 Å². The van der Waals surface area contributed by atoms with E-state index in [4.69, 9.17) is 11.6 Å². The van der Waals surface area contributed by atoms with E-state index in [0.717, 1.165) is 35.8 Å². The average Bonchev–Trinajstić information content (AvgIpc) is 3.04. The Morgan fingerprint density at radius 3 is 2.94 bits per heavy atom. The van der Waals surface area contributed by atoms with Crippen molar-refractivity contribution < 1.29 is 0 Å². The van der Waals surface area contributed by atoms with Gasteiger partial charge in [-0.15, -0.1) is 0 Å². The van der Waals surface area contributed by atoms with Crippen LogP contribution in [0, 0.1) is 0 Å². The summed E-state index contributed by atoms with van der Waals surface area (Å²) in [7, 11) is 0. The first-order valence-corrected chi connectivity index (χ1v) is 6.71. The number of halogens is 2. The zero-order chi connectivity index (χ0) is 11.4. The highest BCUT2D eigenvalue weighted by Crippen LogP contribution is 2.23. The van der Waals surface area contributed by atoms with Crippen LogP contribution in [0.15, 0.2) is 16.7 Å². The Kier molecular flexibility index (Phi) is 4.44. The number of pyridine rings is 1. The summed E-state index contributed by atoms with van der Waals surface area (Å²) in [5, 5.41) is 7.40. The summed E-state index contributed by atoms with van der Waals surface area (Å²) in [6.07, 6.45) is 5.44. The molecule has 0 radical (unpaired) electrons. The Balaban J connectivity index is 1.67. The van der Waals surface area contributed by atoms with Gasteiger partial charge in [0.25, 0.3) is 0 Å². The van der Waals surface area contributed by atoms with Crippen LogP contribution in [0.25, 0.3) is 0 Å². The summed E-state index contributed by atoms with van der Waals surface area (Å²) in [5.41, 5.74) is 0. The lowest BCUT2D eigenvalue weighted by atomic mass is 10.4. The van der Waals surface area contributed by atoms with Crippen LogP contribution in [-0.4, -0.2) is 24.1 Å². The summed E-state index contributed by atoms with van der Waals surface area (Å²) in [6, 6.07) is 2.64. The van der Waals surface area contributed by atoms with Gasteiger partial charge in [0.2, 0.25) is 0 Å². The second-order valence-corrected chi connectivity index (χ2v) is 5.28. The van der Waals surface area contributed by atoms with Crippen LogP contribution in [0.5, 0.6) is 0 Å². The summed E-state index contributed by atoms with van der Waals surface area (Å²) < 4.78 is 0.912. The first kappa shape index (κ1) is 12.1. The van der Waals surface area contributed by atoms with Gasteiger partial charge in [0.05, 0.1) is 9.50 Å². The Morgan fingerprint density at radius 2 is 2.25 bits per heavy atom. The SMILES string of the molecule is Clc1cnc(NCCCNC2CC2)c(Br)c1. The molecule has 1 saturated carbocycles. The molecular formula is C11H15BrClN3. The molecule has 1 aliphatic rings. The fourth-order valence-electron chi connectivity index (χ4n) is 1.43. The van der Waals surface area contributed by atoms with E-state index in [1.54, 1.807) is 6.20 Å². The van der Waals surface area contributed by atoms with Crippen molar-refractivity contribution in [3.05, 3.63) is 21.8 Å². The molecule has 1 aromatic heterocycles. The zero-order valence-electron chi connectivity index (χ0n) is 8.97. The second-order valence-electron chi connectivity index (χ2n) is 3.99. The Labute approximate surface area is 109 Å². The molecule has 5 heteroatoms. The molecule has 0 atom stereocenters. The molecular weight excluding hydrogens is 289 g/mol. The summed E-state index contributed by atoms with van der Waals surface area (Å²) in [5.74, 6) is 0.857. The molecule has 1 aliphatic carbocycles. The molecule has 1 aromatic rings. The maximum Gasteiger partial charge on any atom is 0.140 e. The highest BCUT2D eigenvalue weighted by molar-refractivity contribution is 9.10. The van der Waals surface area contributed by atoms with Crippen molar-refractivity contribution in [2.24, 2.45) is 0 Å². The summed E-state index contributed by atoms with van der Waals surface area (Å²) in [4.78, 5) is 4.21. The molecule has 0 unspecified atom stereocenters. The van der Waals surface area contributed by atoms with Crippen molar-refractivity contribution in [2.75, 3.05) is 18.4 Å². The minimum Gasteiger partial charge on any atom is -0.369 e. The van der Waals surface area contributed by atoms with E-state index in [2.05, 4.69) is 31.5 Å². The van der Waals surface area contributed by atoms with E-state index >= 15 is 0 Å². The van der Waals surface area contributed by atoms with Gasteiger partial charge in [-0.3, -0.25) is 0 Å². The minimum atomic E-state index is 0.646. The monoisotopic (exact) mass is 303 g/mol. The predicted molar refractivity (Wildman–Crippen MR) is 71.1 cm³/mol. The third-order valence-corrected chi connectivity index (χ3v) is 3.28. The second kappa shape index (κ2) is 5.84. The highest BCUT2D eigenvalue weighted by atomic mass is 79.9. The van der Waals surface area contributed by atoms with Crippen molar-refractivity contribution in [3.63, 3.8) is 0 Å². The van der Waals surface area contributed by atoms with Crippen molar-refractivity contribution in [3.8, 4) is 0 Å². The quantitative estimate of drug-likeness (QED) is 0.793. The van der Waals surface area contributed by atoms with Crippen LogP contribution in [0.1, 0.15) is 19.3 Å². The van der Waals surface area contributed by atoms with Crippen LogP contribution in [0.2, 0.25) is 5.02 Å². The van der Waals surface area contributed by atoms with Gasteiger partial charge in [-0.25, -0.2) is 4.98 Å². The highest BCUT2D eigenvalue weighted by Gasteiger charge is 2.19. The maximum absolute atomic E-state index is 5.81. The molecule has 0 amide bonds. The molecule has 0 aromatic carbocycles. The maximum atomic E-state index is 5.81. The van der Waals surface area contributed by atoms with E-state index in [9.17, 15) is 0 Å². The number of hydrogen-bond acceptors (Lipinski definition) is 3. The normalized spacial score (nSPS) is 15.1. The number of hydrogen-bond donors (Lipinski definition) is 2. The average molecular weight is 305 g/mol.